The molecule has 1 saturated heterocycles. The number of hydrogen-bond donors (Lipinski definition) is 0. The molecule has 21 heavy (non-hydrogen) atoms. The number of rotatable bonds is 5. The maximum Gasteiger partial charge on any atom is 0.213 e. The highest BCUT2D eigenvalue weighted by Gasteiger charge is 2.23. The first kappa shape index (κ1) is 13.8. The molecule has 1 aliphatic rings. The molecule has 1 aliphatic heterocycles. The quantitative estimate of drug-likeness (QED) is 0.790. The van der Waals surface area contributed by atoms with E-state index >= 15 is 0 Å². The molecule has 4 heteroatoms. The minimum Gasteiger partial charge on any atom is -0.477 e. The van der Waals surface area contributed by atoms with E-state index in [1.165, 1.54) is 0 Å². The Morgan fingerprint density at radius 1 is 1.29 bits per heavy atom. The number of carbonyl (C=O) groups excluding carboxylic acids is 1. The molecule has 4 nitrogen and oxygen atoms in total. The third-order valence-electron chi connectivity index (χ3n) is 3.65. The summed E-state index contributed by atoms with van der Waals surface area (Å²) >= 11 is 0. The van der Waals surface area contributed by atoms with E-state index in [-0.39, 0.29) is 0 Å². The molecule has 1 aromatic carbocycles. The number of benzene rings is 1. The normalized spacial score (nSPS) is 15.5. The number of carbonyl (C=O) groups is 1. The van der Waals surface area contributed by atoms with E-state index in [0.717, 1.165) is 30.6 Å². The SMILES string of the molecule is CN1CC(COc2cccc(-c3cccc(C=O)c3)n2)C1. The summed E-state index contributed by atoms with van der Waals surface area (Å²) in [6.45, 7) is 2.87. The lowest BCUT2D eigenvalue weighted by Gasteiger charge is -2.35. The van der Waals surface area contributed by atoms with Crippen LogP contribution >= 0.6 is 0 Å². The Morgan fingerprint density at radius 2 is 2.10 bits per heavy atom. The van der Waals surface area contributed by atoms with Crippen molar-refractivity contribution in [2.45, 2.75) is 0 Å². The van der Waals surface area contributed by atoms with Crippen LogP contribution in [0.25, 0.3) is 11.3 Å². The monoisotopic (exact) mass is 282 g/mol. The fourth-order valence-electron chi connectivity index (χ4n) is 2.56. The van der Waals surface area contributed by atoms with Gasteiger partial charge in [-0.1, -0.05) is 24.3 Å². The second kappa shape index (κ2) is 6.06. The van der Waals surface area contributed by atoms with Crippen LogP contribution in [0.2, 0.25) is 0 Å². The van der Waals surface area contributed by atoms with Crippen molar-refractivity contribution in [2.75, 3.05) is 26.7 Å². The summed E-state index contributed by atoms with van der Waals surface area (Å²) in [6, 6.07) is 13.1. The smallest absolute Gasteiger partial charge is 0.213 e. The van der Waals surface area contributed by atoms with E-state index in [1.807, 2.05) is 36.4 Å². The largest absolute Gasteiger partial charge is 0.477 e. The van der Waals surface area contributed by atoms with E-state index in [2.05, 4.69) is 16.9 Å². The molecule has 108 valence electrons. The molecule has 0 atom stereocenters. The lowest BCUT2D eigenvalue weighted by molar-refractivity contribution is 0.0839. The summed E-state index contributed by atoms with van der Waals surface area (Å²) in [7, 11) is 2.11. The molecule has 0 aliphatic carbocycles. The minimum atomic E-state index is 0.596. The Balaban J connectivity index is 1.71. The predicted molar refractivity (Wildman–Crippen MR) is 81.5 cm³/mol. The summed E-state index contributed by atoms with van der Waals surface area (Å²) in [5, 5.41) is 0. The minimum absolute atomic E-state index is 0.596. The Labute approximate surface area is 124 Å². The van der Waals surface area contributed by atoms with Crippen molar-refractivity contribution in [3.8, 4) is 17.1 Å². The van der Waals surface area contributed by atoms with Crippen LogP contribution in [-0.4, -0.2) is 42.9 Å². The van der Waals surface area contributed by atoms with Gasteiger partial charge in [-0.15, -0.1) is 0 Å². The Bertz CT molecular complexity index is 636. The highest BCUT2D eigenvalue weighted by molar-refractivity contribution is 5.78. The maximum absolute atomic E-state index is 10.9. The lowest BCUT2D eigenvalue weighted by atomic mass is 10.0. The van der Waals surface area contributed by atoms with Crippen LogP contribution < -0.4 is 4.74 Å². The molecule has 0 unspecified atom stereocenters. The Kier molecular flexibility index (Phi) is 3.97. The molecule has 1 aromatic heterocycles. The van der Waals surface area contributed by atoms with E-state index < -0.39 is 0 Å². The average Bonchev–Trinajstić information content (AvgIpc) is 2.51. The van der Waals surface area contributed by atoms with Gasteiger partial charge < -0.3 is 9.64 Å². The highest BCUT2D eigenvalue weighted by atomic mass is 16.5. The molecular formula is C17H18N2O2. The lowest BCUT2D eigenvalue weighted by Crippen LogP contribution is -2.46. The van der Waals surface area contributed by atoms with E-state index in [0.29, 0.717) is 24.0 Å². The predicted octanol–water partition coefficient (Wildman–Crippen LogP) is 2.50. The van der Waals surface area contributed by atoms with Crippen LogP contribution in [-0.2, 0) is 0 Å². The van der Waals surface area contributed by atoms with Gasteiger partial charge in [0.15, 0.2) is 0 Å². The van der Waals surface area contributed by atoms with E-state index in [1.54, 1.807) is 6.07 Å². The van der Waals surface area contributed by atoms with Crippen molar-refractivity contribution in [1.82, 2.24) is 9.88 Å². The average molecular weight is 282 g/mol. The zero-order chi connectivity index (χ0) is 14.7. The Morgan fingerprint density at radius 3 is 2.86 bits per heavy atom. The fraction of sp³-hybridized carbons (Fsp3) is 0.294. The van der Waals surface area contributed by atoms with Crippen LogP contribution in [0.4, 0.5) is 0 Å². The number of likely N-dealkylation sites (tertiary alicyclic amines) is 1. The molecular weight excluding hydrogens is 264 g/mol. The molecule has 0 spiro atoms. The first-order valence-corrected chi connectivity index (χ1v) is 7.08. The molecule has 0 amide bonds. The summed E-state index contributed by atoms with van der Waals surface area (Å²) < 4.78 is 5.77. The van der Waals surface area contributed by atoms with Gasteiger partial charge in [0.1, 0.15) is 6.29 Å². The second-order valence-corrected chi connectivity index (χ2v) is 5.50. The van der Waals surface area contributed by atoms with Crippen LogP contribution in [0.5, 0.6) is 5.88 Å². The van der Waals surface area contributed by atoms with E-state index in [4.69, 9.17) is 4.74 Å². The van der Waals surface area contributed by atoms with Gasteiger partial charge in [-0.3, -0.25) is 4.79 Å². The zero-order valence-corrected chi connectivity index (χ0v) is 12.0. The Hall–Kier alpha value is -2.20. The summed E-state index contributed by atoms with van der Waals surface area (Å²) in [4.78, 5) is 17.6. The summed E-state index contributed by atoms with van der Waals surface area (Å²) in [6.07, 6.45) is 0.844. The number of aromatic nitrogens is 1. The van der Waals surface area contributed by atoms with Crippen LogP contribution in [0.3, 0.4) is 0 Å². The summed E-state index contributed by atoms with van der Waals surface area (Å²) in [5.41, 5.74) is 2.40. The van der Waals surface area contributed by atoms with Gasteiger partial charge in [0.05, 0.1) is 12.3 Å². The number of nitrogens with zero attached hydrogens (tertiary/aromatic N) is 2. The van der Waals surface area contributed by atoms with Crippen LogP contribution in [0.15, 0.2) is 42.5 Å². The van der Waals surface area contributed by atoms with Crippen molar-refractivity contribution in [1.29, 1.82) is 0 Å². The molecule has 0 saturated carbocycles. The van der Waals surface area contributed by atoms with Crippen molar-refractivity contribution < 1.29 is 9.53 Å². The van der Waals surface area contributed by atoms with Crippen molar-refractivity contribution in [3.63, 3.8) is 0 Å². The molecule has 2 aromatic rings. The molecule has 3 rings (SSSR count). The molecule has 2 heterocycles. The van der Waals surface area contributed by atoms with Gasteiger partial charge >= 0.3 is 0 Å². The second-order valence-electron chi connectivity index (χ2n) is 5.50. The van der Waals surface area contributed by atoms with Gasteiger partial charge in [-0.05, 0) is 19.2 Å². The maximum atomic E-state index is 10.9. The third kappa shape index (κ3) is 3.28. The number of ether oxygens (including phenoxy) is 1. The molecule has 0 bridgehead atoms. The topological polar surface area (TPSA) is 42.4 Å². The van der Waals surface area contributed by atoms with Crippen molar-refractivity contribution >= 4 is 6.29 Å². The van der Waals surface area contributed by atoms with E-state index in [9.17, 15) is 4.79 Å². The first-order valence-electron chi connectivity index (χ1n) is 7.08. The van der Waals surface area contributed by atoms with Gasteiger partial charge in [0.2, 0.25) is 5.88 Å². The van der Waals surface area contributed by atoms with Gasteiger partial charge in [0.25, 0.3) is 0 Å². The van der Waals surface area contributed by atoms with Crippen LogP contribution in [0.1, 0.15) is 10.4 Å². The number of pyridine rings is 1. The molecule has 1 fully saturated rings. The first-order chi connectivity index (χ1) is 10.2. The van der Waals surface area contributed by atoms with Crippen molar-refractivity contribution in [2.24, 2.45) is 5.92 Å². The number of aldehydes is 1. The van der Waals surface area contributed by atoms with Gasteiger partial charge in [-0.25, -0.2) is 4.98 Å². The van der Waals surface area contributed by atoms with Gasteiger partial charge in [-0.2, -0.15) is 0 Å². The fourth-order valence-corrected chi connectivity index (χ4v) is 2.56. The standard InChI is InChI=1S/C17H18N2O2/c1-19-9-14(10-19)12-21-17-7-3-6-16(18-17)15-5-2-4-13(8-15)11-20/h2-8,11,14H,9-10,12H2,1H3. The third-order valence-corrected chi connectivity index (χ3v) is 3.65. The summed E-state index contributed by atoms with van der Waals surface area (Å²) in [5.74, 6) is 1.23. The number of hydrogen-bond acceptors (Lipinski definition) is 4. The van der Waals surface area contributed by atoms with Gasteiger partial charge in [0, 0.05) is 36.2 Å². The molecule has 0 radical (unpaired) electrons. The highest BCUT2D eigenvalue weighted by Crippen LogP contribution is 2.21. The zero-order valence-electron chi connectivity index (χ0n) is 12.0. The molecule has 0 N–H and O–H groups in total. The van der Waals surface area contributed by atoms with Crippen molar-refractivity contribution in [3.05, 3.63) is 48.0 Å². The van der Waals surface area contributed by atoms with Crippen LogP contribution in [0, 0.1) is 5.92 Å².